The van der Waals surface area contributed by atoms with E-state index in [0.29, 0.717) is 0 Å². The summed E-state index contributed by atoms with van der Waals surface area (Å²) in [5, 5.41) is 23.6. The molecule has 138 valence electrons. The maximum absolute atomic E-state index is 9.91. The van der Waals surface area contributed by atoms with Gasteiger partial charge < -0.3 is 5.11 Å². The molecule has 5 rings (SSSR count). The molecule has 3 nitrogen and oxygen atoms in total. The van der Waals surface area contributed by atoms with Gasteiger partial charge in [0, 0.05) is 27.6 Å². The van der Waals surface area contributed by atoms with Crippen LogP contribution in [0.25, 0.3) is 26.9 Å². The number of hydrogen-bond donors (Lipinski definition) is 1. The highest BCUT2D eigenvalue weighted by atomic mass is 32.1. The second-order valence-electron chi connectivity index (χ2n) is 6.95. The Balaban J connectivity index is 1.65. The fraction of sp³-hybridized carbons (Fsp3) is 0.125. The quantitative estimate of drug-likeness (QED) is 0.551. The van der Waals surface area contributed by atoms with Gasteiger partial charge in [-0.05, 0) is 34.9 Å². The molecule has 0 amide bonds. The van der Waals surface area contributed by atoms with Gasteiger partial charge >= 0.3 is 0 Å². The second-order valence-corrected chi connectivity index (χ2v) is 7.87. The zero-order valence-corrected chi connectivity index (χ0v) is 16.2. The van der Waals surface area contributed by atoms with Crippen LogP contribution < -0.4 is 5.36 Å². The fourth-order valence-corrected chi connectivity index (χ4v) is 4.65. The predicted octanol–water partition coefficient (Wildman–Crippen LogP) is 4.76. The molecule has 0 spiro atoms. The van der Waals surface area contributed by atoms with E-state index in [1.54, 1.807) is 11.3 Å². The molecule has 28 heavy (non-hydrogen) atoms. The third-order valence-corrected chi connectivity index (χ3v) is 6.18. The van der Waals surface area contributed by atoms with E-state index in [-0.39, 0.29) is 6.61 Å². The van der Waals surface area contributed by atoms with Crippen molar-refractivity contribution in [1.29, 1.82) is 0 Å². The van der Waals surface area contributed by atoms with Crippen LogP contribution >= 0.6 is 11.3 Å². The first kappa shape index (κ1) is 17.2. The summed E-state index contributed by atoms with van der Waals surface area (Å²) in [5.74, 6) is 0. The van der Waals surface area contributed by atoms with Gasteiger partial charge in [0.1, 0.15) is 0 Å². The summed E-state index contributed by atoms with van der Waals surface area (Å²) in [6.45, 7) is 0.712. The lowest BCUT2D eigenvalue weighted by molar-refractivity contribution is 0.254. The Morgan fingerprint density at radius 2 is 1.82 bits per heavy atom. The Morgan fingerprint density at radius 1 is 0.929 bits per heavy atom. The highest BCUT2D eigenvalue weighted by Gasteiger charge is 2.16. The van der Waals surface area contributed by atoms with Gasteiger partial charge in [-0.15, -0.1) is 11.3 Å². The van der Waals surface area contributed by atoms with Crippen LogP contribution in [0.1, 0.15) is 11.1 Å². The smallest absolute Gasteiger partial charge is 0.0987 e. The van der Waals surface area contributed by atoms with E-state index in [0.717, 1.165) is 35.0 Å². The number of aliphatic hydroxyl groups excluding tert-OH is 1. The largest absolute Gasteiger partial charge is 0.390 e. The van der Waals surface area contributed by atoms with E-state index in [4.69, 9.17) is 5.10 Å². The Kier molecular flexibility index (Phi) is 4.43. The molecule has 1 aliphatic heterocycles. The van der Waals surface area contributed by atoms with Crippen molar-refractivity contribution in [3.8, 4) is 0 Å². The summed E-state index contributed by atoms with van der Waals surface area (Å²) in [6.07, 6.45) is 2.94. The van der Waals surface area contributed by atoms with Crippen LogP contribution in [0.2, 0.25) is 0 Å². The first-order valence-electron chi connectivity index (χ1n) is 9.44. The lowest BCUT2D eigenvalue weighted by atomic mass is 10.1. The molecule has 0 fully saturated rings. The highest BCUT2D eigenvalue weighted by Crippen LogP contribution is 2.30. The SMILES string of the molecule is OCC1=Cc2cccc3c(cc4cccsc43)c2=NN1CCc1ccccc1. The van der Waals surface area contributed by atoms with Gasteiger partial charge in [0.05, 0.1) is 17.7 Å². The average Bonchev–Trinajstić information content (AvgIpc) is 3.02. The summed E-state index contributed by atoms with van der Waals surface area (Å²) in [6, 6.07) is 23.2. The van der Waals surface area contributed by atoms with Crippen LogP contribution in [0, 0.1) is 0 Å². The standard InChI is InChI=1S/C24H20N2OS/c27-16-20-14-18-8-4-10-21-22(15-19-9-5-13-28-24(19)21)23(18)25-26(20)12-11-17-6-2-1-3-7-17/h1-10,13-15,27H,11-12,16H2. The zero-order valence-electron chi connectivity index (χ0n) is 15.4. The molecule has 1 aliphatic rings. The third kappa shape index (κ3) is 3.01. The molecule has 1 N–H and O–H groups in total. The van der Waals surface area contributed by atoms with E-state index in [1.807, 2.05) is 11.1 Å². The summed E-state index contributed by atoms with van der Waals surface area (Å²) >= 11 is 1.76. The molecule has 0 saturated carbocycles. The Hall–Kier alpha value is -2.95. The van der Waals surface area contributed by atoms with E-state index in [1.165, 1.54) is 21.0 Å². The van der Waals surface area contributed by atoms with Gasteiger partial charge in [-0.3, -0.25) is 5.01 Å². The molecule has 4 heteroatoms. The van der Waals surface area contributed by atoms with Gasteiger partial charge in [0.2, 0.25) is 0 Å². The van der Waals surface area contributed by atoms with Crippen molar-refractivity contribution in [1.82, 2.24) is 5.01 Å². The van der Waals surface area contributed by atoms with Gasteiger partial charge in [-0.1, -0.05) is 60.7 Å². The number of hydrogen-bond acceptors (Lipinski definition) is 4. The third-order valence-electron chi connectivity index (χ3n) is 5.20. The normalized spacial score (nSPS) is 13.3. The Morgan fingerprint density at radius 3 is 2.68 bits per heavy atom. The van der Waals surface area contributed by atoms with Crippen LogP contribution in [0.5, 0.6) is 0 Å². The first-order chi connectivity index (χ1) is 13.8. The van der Waals surface area contributed by atoms with Crippen molar-refractivity contribution in [3.05, 3.63) is 94.3 Å². The minimum atomic E-state index is -0.0233. The molecule has 1 aromatic heterocycles. The van der Waals surface area contributed by atoms with Crippen LogP contribution in [0.4, 0.5) is 0 Å². The van der Waals surface area contributed by atoms with Gasteiger partial charge in [0.25, 0.3) is 0 Å². The van der Waals surface area contributed by atoms with Crippen molar-refractivity contribution < 1.29 is 5.11 Å². The van der Waals surface area contributed by atoms with E-state index < -0.39 is 0 Å². The number of aliphatic hydroxyl groups is 1. The van der Waals surface area contributed by atoms with Crippen molar-refractivity contribution in [2.75, 3.05) is 13.2 Å². The summed E-state index contributed by atoms with van der Waals surface area (Å²) in [4.78, 5) is 0. The van der Waals surface area contributed by atoms with Gasteiger partial charge in [-0.25, -0.2) is 0 Å². The average molecular weight is 385 g/mol. The molecule has 0 aliphatic carbocycles. The predicted molar refractivity (Wildman–Crippen MR) is 117 cm³/mol. The first-order valence-corrected chi connectivity index (χ1v) is 10.3. The molecule has 0 saturated heterocycles. The maximum Gasteiger partial charge on any atom is 0.0987 e. The monoisotopic (exact) mass is 384 g/mol. The summed E-state index contributed by atoms with van der Waals surface area (Å²) < 4.78 is 1.29. The van der Waals surface area contributed by atoms with Gasteiger partial charge in [-0.2, -0.15) is 5.10 Å². The lowest BCUT2D eigenvalue weighted by Gasteiger charge is -2.24. The van der Waals surface area contributed by atoms with Crippen LogP contribution in [0.15, 0.2) is 82.9 Å². The summed E-state index contributed by atoms with van der Waals surface area (Å²) in [5.41, 5.74) is 3.16. The minimum absolute atomic E-state index is 0.0233. The number of fused-ring (bicyclic) bond motifs is 5. The lowest BCUT2D eigenvalue weighted by Crippen LogP contribution is -2.29. The van der Waals surface area contributed by atoms with Crippen molar-refractivity contribution in [3.63, 3.8) is 0 Å². The van der Waals surface area contributed by atoms with E-state index in [9.17, 15) is 5.11 Å². The minimum Gasteiger partial charge on any atom is -0.390 e. The number of benzene rings is 1. The van der Waals surface area contributed by atoms with Gasteiger partial charge in [0.15, 0.2) is 0 Å². The summed E-state index contributed by atoms with van der Waals surface area (Å²) in [7, 11) is 0. The number of rotatable bonds is 4. The molecule has 0 unspecified atom stereocenters. The molecule has 0 radical (unpaired) electrons. The van der Waals surface area contributed by atoms with E-state index >= 15 is 0 Å². The van der Waals surface area contributed by atoms with Crippen LogP contribution in [-0.4, -0.2) is 23.3 Å². The topological polar surface area (TPSA) is 35.8 Å². The molecule has 0 bridgehead atoms. The van der Waals surface area contributed by atoms with Crippen molar-refractivity contribution >= 4 is 38.3 Å². The Labute approximate surface area is 167 Å². The molecule has 0 atom stereocenters. The Bertz CT molecular complexity index is 1260. The van der Waals surface area contributed by atoms with Crippen LogP contribution in [0.3, 0.4) is 0 Å². The molecular formula is C24H20N2OS. The molecular weight excluding hydrogens is 364 g/mol. The van der Waals surface area contributed by atoms with E-state index in [2.05, 4.69) is 72.1 Å². The maximum atomic E-state index is 9.91. The number of nitrogens with zero attached hydrogens (tertiary/aromatic N) is 2. The van der Waals surface area contributed by atoms with Crippen LogP contribution in [-0.2, 0) is 6.42 Å². The highest BCUT2D eigenvalue weighted by molar-refractivity contribution is 7.17. The molecule has 4 aromatic rings. The fourth-order valence-electron chi connectivity index (χ4n) is 3.79. The van der Waals surface area contributed by atoms with Crippen molar-refractivity contribution in [2.24, 2.45) is 5.10 Å². The zero-order chi connectivity index (χ0) is 18.9. The second kappa shape index (κ2) is 7.23. The molecule has 3 aromatic carbocycles. The molecule has 2 heterocycles. The van der Waals surface area contributed by atoms with Crippen molar-refractivity contribution in [2.45, 2.75) is 6.42 Å².